The Balaban J connectivity index is 2.20. The third-order valence-electron chi connectivity index (χ3n) is 3.35. The van der Waals surface area contributed by atoms with E-state index in [0.29, 0.717) is 0 Å². The van der Waals surface area contributed by atoms with Gasteiger partial charge in [-0.25, -0.2) is 0 Å². The van der Waals surface area contributed by atoms with Crippen molar-refractivity contribution in [1.29, 1.82) is 0 Å². The van der Waals surface area contributed by atoms with Crippen LogP contribution in [0.3, 0.4) is 0 Å². The molecule has 1 saturated carbocycles. The molecule has 0 aromatic rings. The average molecular weight is 229 g/mol. The number of nitrogens with zero attached hydrogens (tertiary/aromatic N) is 2. The Morgan fingerprint density at radius 3 is 2.44 bits per heavy atom. The van der Waals surface area contributed by atoms with Crippen molar-refractivity contribution >= 4 is 5.91 Å². The van der Waals surface area contributed by atoms with Gasteiger partial charge in [0, 0.05) is 28.6 Å². The summed E-state index contributed by atoms with van der Waals surface area (Å²) in [5, 5.41) is 24.0. The van der Waals surface area contributed by atoms with E-state index in [9.17, 15) is 25.0 Å². The predicted octanol–water partition coefficient (Wildman–Crippen LogP) is -0.425. The summed E-state index contributed by atoms with van der Waals surface area (Å²) < 4.78 is 0. The molecule has 0 aromatic carbocycles. The number of amides is 1. The van der Waals surface area contributed by atoms with Crippen LogP contribution in [-0.4, -0.2) is 33.9 Å². The predicted molar refractivity (Wildman–Crippen MR) is 50.8 cm³/mol. The second kappa shape index (κ2) is 3.69. The van der Waals surface area contributed by atoms with Crippen LogP contribution in [0.5, 0.6) is 0 Å². The van der Waals surface area contributed by atoms with Crippen LogP contribution >= 0.6 is 0 Å². The van der Waals surface area contributed by atoms with Crippen molar-refractivity contribution < 1.29 is 14.6 Å². The molecule has 2 rings (SSSR count). The molecule has 1 aliphatic carbocycles. The van der Waals surface area contributed by atoms with Crippen molar-refractivity contribution in [3.63, 3.8) is 0 Å². The monoisotopic (exact) mass is 229 g/mol. The summed E-state index contributed by atoms with van der Waals surface area (Å²) >= 11 is 0. The van der Waals surface area contributed by atoms with Gasteiger partial charge in [0.25, 0.3) is 0 Å². The van der Waals surface area contributed by atoms with E-state index in [1.165, 1.54) is 0 Å². The third kappa shape index (κ3) is 1.70. The van der Waals surface area contributed by atoms with Crippen molar-refractivity contribution in [3.05, 3.63) is 20.2 Å². The molecule has 8 nitrogen and oxygen atoms in total. The fourth-order valence-corrected chi connectivity index (χ4v) is 2.63. The quantitative estimate of drug-likeness (QED) is 0.509. The van der Waals surface area contributed by atoms with Gasteiger partial charge in [-0.2, -0.15) is 0 Å². The lowest BCUT2D eigenvalue weighted by Crippen LogP contribution is -2.51. The van der Waals surface area contributed by atoms with E-state index in [0.717, 1.165) is 0 Å². The van der Waals surface area contributed by atoms with Crippen molar-refractivity contribution in [3.8, 4) is 0 Å². The fraction of sp³-hybridized carbons (Fsp3) is 0.875. The summed E-state index contributed by atoms with van der Waals surface area (Å²) in [5.74, 6) is -0.516. The number of hydrogen-bond donors (Lipinski definition) is 1. The zero-order valence-electron chi connectivity index (χ0n) is 8.37. The van der Waals surface area contributed by atoms with Crippen LogP contribution < -0.4 is 5.32 Å². The van der Waals surface area contributed by atoms with Gasteiger partial charge in [-0.1, -0.05) is 0 Å². The average Bonchev–Trinajstić information content (AvgIpc) is 2.55. The Morgan fingerprint density at radius 2 is 1.88 bits per heavy atom. The molecular weight excluding hydrogens is 218 g/mol. The van der Waals surface area contributed by atoms with Gasteiger partial charge in [0.1, 0.15) is 0 Å². The summed E-state index contributed by atoms with van der Waals surface area (Å²) in [6.45, 7) is 0. The third-order valence-corrected chi connectivity index (χ3v) is 3.35. The van der Waals surface area contributed by atoms with Crippen LogP contribution in [0.15, 0.2) is 0 Å². The van der Waals surface area contributed by atoms with E-state index in [1.807, 2.05) is 0 Å². The number of carbonyl (C=O) groups excluding carboxylic acids is 1. The Hall–Kier alpha value is -1.73. The first kappa shape index (κ1) is 10.8. The second-order valence-corrected chi connectivity index (χ2v) is 4.32. The first-order chi connectivity index (χ1) is 7.49. The van der Waals surface area contributed by atoms with Crippen LogP contribution in [0.4, 0.5) is 0 Å². The molecule has 0 bridgehead atoms. The zero-order valence-corrected chi connectivity index (χ0v) is 8.37. The minimum Gasteiger partial charge on any atom is -0.346 e. The van der Waals surface area contributed by atoms with Crippen LogP contribution in [-0.2, 0) is 4.79 Å². The largest absolute Gasteiger partial charge is 0.346 e. The minimum absolute atomic E-state index is 0.0958. The fourth-order valence-electron chi connectivity index (χ4n) is 2.63. The van der Waals surface area contributed by atoms with Crippen LogP contribution in [0.1, 0.15) is 19.3 Å². The van der Waals surface area contributed by atoms with Gasteiger partial charge >= 0.3 is 0 Å². The van der Waals surface area contributed by atoms with Crippen LogP contribution in [0, 0.1) is 26.1 Å². The van der Waals surface area contributed by atoms with Gasteiger partial charge in [0.05, 0.1) is 12.5 Å². The van der Waals surface area contributed by atoms with E-state index in [-0.39, 0.29) is 31.1 Å². The Bertz CT molecular complexity index is 358. The number of rotatable bonds is 2. The van der Waals surface area contributed by atoms with E-state index < -0.39 is 28.0 Å². The molecule has 1 heterocycles. The molecule has 1 amide bonds. The highest BCUT2D eigenvalue weighted by Gasteiger charge is 2.52. The Morgan fingerprint density at radius 1 is 1.19 bits per heavy atom. The lowest BCUT2D eigenvalue weighted by atomic mass is 9.79. The number of nitrogens with one attached hydrogen (secondary N) is 1. The highest BCUT2D eigenvalue weighted by atomic mass is 16.6. The highest BCUT2D eigenvalue weighted by Crippen LogP contribution is 2.33. The molecule has 4 atom stereocenters. The molecule has 0 radical (unpaired) electrons. The molecule has 0 spiro atoms. The van der Waals surface area contributed by atoms with Gasteiger partial charge in [0.15, 0.2) is 0 Å². The van der Waals surface area contributed by atoms with Crippen molar-refractivity contribution in [2.75, 3.05) is 0 Å². The molecular formula is C8H11N3O5. The Labute approximate surface area is 90.3 Å². The number of nitro groups is 2. The first-order valence-electron chi connectivity index (χ1n) is 5.05. The maximum atomic E-state index is 11.2. The molecule has 1 aliphatic heterocycles. The summed E-state index contributed by atoms with van der Waals surface area (Å²) in [7, 11) is 0. The SMILES string of the molecule is O=C1CC2CC([N+](=O)[O-])CC([N+](=O)[O-])C2N1. The van der Waals surface area contributed by atoms with Gasteiger partial charge in [-0.05, 0) is 0 Å². The van der Waals surface area contributed by atoms with Crippen molar-refractivity contribution in [2.24, 2.45) is 5.92 Å². The molecule has 2 aliphatic rings. The summed E-state index contributed by atoms with van der Waals surface area (Å²) in [4.78, 5) is 31.6. The van der Waals surface area contributed by atoms with Crippen molar-refractivity contribution in [1.82, 2.24) is 5.32 Å². The maximum absolute atomic E-state index is 11.2. The Kier molecular flexibility index (Phi) is 2.49. The standard InChI is InChI=1S/C8H11N3O5/c12-7-2-4-1-5(10(13)14)3-6(11(15)16)8(4)9-7/h4-6,8H,1-3H2,(H,9,12). The topological polar surface area (TPSA) is 115 Å². The lowest BCUT2D eigenvalue weighted by molar-refractivity contribution is -0.572. The van der Waals surface area contributed by atoms with E-state index >= 15 is 0 Å². The number of carbonyl (C=O) groups is 1. The number of hydrogen-bond acceptors (Lipinski definition) is 5. The van der Waals surface area contributed by atoms with E-state index in [4.69, 9.17) is 0 Å². The van der Waals surface area contributed by atoms with E-state index in [1.54, 1.807) is 0 Å². The molecule has 1 N–H and O–H groups in total. The summed E-state index contributed by atoms with van der Waals surface area (Å²) in [6.07, 6.45) is 0.321. The molecule has 2 fully saturated rings. The van der Waals surface area contributed by atoms with Crippen LogP contribution in [0.2, 0.25) is 0 Å². The summed E-state index contributed by atoms with van der Waals surface area (Å²) in [6, 6.07) is -2.45. The molecule has 1 saturated heterocycles. The van der Waals surface area contributed by atoms with Gasteiger partial charge in [-0.15, -0.1) is 0 Å². The van der Waals surface area contributed by atoms with Gasteiger partial charge in [-0.3, -0.25) is 25.0 Å². The normalized spacial score (nSPS) is 37.6. The zero-order chi connectivity index (χ0) is 11.9. The molecule has 0 aromatic heterocycles. The maximum Gasteiger partial charge on any atom is 0.239 e. The molecule has 16 heavy (non-hydrogen) atoms. The minimum atomic E-state index is -1.03. The second-order valence-electron chi connectivity index (χ2n) is 4.32. The molecule has 8 heteroatoms. The van der Waals surface area contributed by atoms with Gasteiger partial charge < -0.3 is 5.32 Å². The van der Waals surface area contributed by atoms with Crippen molar-refractivity contribution in [2.45, 2.75) is 37.4 Å². The van der Waals surface area contributed by atoms with Crippen LogP contribution in [0.25, 0.3) is 0 Å². The highest BCUT2D eigenvalue weighted by molar-refractivity contribution is 5.79. The summed E-state index contributed by atoms with van der Waals surface area (Å²) in [5.41, 5.74) is 0. The first-order valence-corrected chi connectivity index (χ1v) is 5.05. The lowest BCUT2D eigenvalue weighted by Gasteiger charge is -2.28. The molecule has 88 valence electrons. The van der Waals surface area contributed by atoms with E-state index in [2.05, 4.69) is 5.32 Å². The smallest absolute Gasteiger partial charge is 0.239 e. The number of fused-ring (bicyclic) bond motifs is 1. The molecule has 4 unspecified atom stereocenters. The van der Waals surface area contributed by atoms with Gasteiger partial charge in [0.2, 0.25) is 18.0 Å².